The summed E-state index contributed by atoms with van der Waals surface area (Å²) in [6.45, 7) is 1.89. The Morgan fingerprint density at radius 1 is 1.30 bits per heavy atom. The van der Waals surface area contributed by atoms with E-state index in [1.807, 2.05) is 31.2 Å². The third-order valence-electron chi connectivity index (χ3n) is 2.89. The summed E-state index contributed by atoms with van der Waals surface area (Å²) in [4.78, 5) is 12.2. The number of hydrogen-bond donors (Lipinski definition) is 2. The second-order valence-corrected chi connectivity index (χ2v) is 5.74. The summed E-state index contributed by atoms with van der Waals surface area (Å²) >= 11 is 9.36. The molecule has 1 atom stereocenters. The van der Waals surface area contributed by atoms with Crippen molar-refractivity contribution in [2.45, 2.75) is 13.0 Å². The molecular weight excluding hydrogens is 342 g/mol. The van der Waals surface area contributed by atoms with Gasteiger partial charge in [-0.3, -0.25) is 4.79 Å². The quantitative estimate of drug-likeness (QED) is 0.863. The Bertz CT molecular complexity index is 646. The van der Waals surface area contributed by atoms with Gasteiger partial charge in [-0.2, -0.15) is 0 Å². The van der Waals surface area contributed by atoms with Gasteiger partial charge in [0.15, 0.2) is 0 Å². The molecule has 0 aliphatic rings. The Labute approximate surface area is 130 Å². The topological polar surface area (TPSA) is 49.3 Å². The van der Waals surface area contributed by atoms with Crippen LogP contribution in [0.4, 0.5) is 0 Å². The molecule has 0 bridgehead atoms. The lowest BCUT2D eigenvalue weighted by Gasteiger charge is -2.15. The summed E-state index contributed by atoms with van der Waals surface area (Å²) in [5.74, 6) is -0.312. The molecule has 5 heteroatoms. The fourth-order valence-electron chi connectivity index (χ4n) is 1.82. The zero-order valence-corrected chi connectivity index (χ0v) is 13.1. The Morgan fingerprint density at radius 3 is 2.75 bits per heavy atom. The number of amides is 1. The molecule has 0 aliphatic carbocycles. The van der Waals surface area contributed by atoms with Gasteiger partial charge in [0.1, 0.15) is 5.75 Å². The number of rotatable bonds is 3. The van der Waals surface area contributed by atoms with Crippen molar-refractivity contribution in [3.8, 4) is 5.75 Å². The molecule has 2 N–H and O–H groups in total. The van der Waals surface area contributed by atoms with E-state index in [2.05, 4.69) is 21.2 Å². The first-order chi connectivity index (χ1) is 9.47. The summed E-state index contributed by atoms with van der Waals surface area (Å²) in [7, 11) is 0. The number of carbonyl (C=O) groups excluding carboxylic acids is 1. The average molecular weight is 355 g/mol. The number of hydrogen-bond acceptors (Lipinski definition) is 2. The highest BCUT2D eigenvalue weighted by molar-refractivity contribution is 9.10. The predicted molar refractivity (Wildman–Crippen MR) is 83.1 cm³/mol. The molecule has 20 heavy (non-hydrogen) atoms. The largest absolute Gasteiger partial charge is 0.508 e. The molecule has 2 aromatic carbocycles. The van der Waals surface area contributed by atoms with E-state index in [1.54, 1.807) is 0 Å². The molecule has 0 saturated heterocycles. The van der Waals surface area contributed by atoms with Gasteiger partial charge >= 0.3 is 0 Å². The van der Waals surface area contributed by atoms with Gasteiger partial charge in [-0.05, 0) is 42.8 Å². The lowest BCUT2D eigenvalue weighted by Crippen LogP contribution is -2.26. The molecule has 0 saturated carbocycles. The highest BCUT2D eigenvalue weighted by Gasteiger charge is 2.15. The number of benzene rings is 2. The fourth-order valence-corrected chi connectivity index (χ4v) is 2.44. The lowest BCUT2D eigenvalue weighted by molar-refractivity contribution is 0.0939. The lowest BCUT2D eigenvalue weighted by atomic mass is 10.1. The fraction of sp³-hybridized carbons (Fsp3) is 0.133. The van der Waals surface area contributed by atoms with Crippen LogP contribution < -0.4 is 5.32 Å². The summed E-state index contributed by atoms with van der Waals surface area (Å²) in [6, 6.07) is 11.8. The molecule has 104 valence electrons. The highest BCUT2D eigenvalue weighted by Crippen LogP contribution is 2.23. The molecule has 1 amide bonds. The van der Waals surface area contributed by atoms with Crippen LogP contribution in [-0.4, -0.2) is 11.0 Å². The molecule has 1 unspecified atom stereocenters. The summed E-state index contributed by atoms with van der Waals surface area (Å²) in [5, 5.41) is 12.6. The first-order valence-corrected chi connectivity index (χ1v) is 7.19. The van der Waals surface area contributed by atoms with Crippen molar-refractivity contribution in [3.63, 3.8) is 0 Å². The van der Waals surface area contributed by atoms with Gasteiger partial charge < -0.3 is 10.4 Å². The predicted octanol–water partition coefficient (Wildman–Crippen LogP) is 4.30. The monoisotopic (exact) mass is 353 g/mol. The minimum absolute atomic E-state index is 0.00894. The second-order valence-electron chi connectivity index (χ2n) is 4.41. The molecule has 0 spiro atoms. The van der Waals surface area contributed by atoms with Gasteiger partial charge in [-0.1, -0.05) is 39.7 Å². The van der Waals surface area contributed by atoms with Crippen LogP contribution in [0.2, 0.25) is 5.02 Å². The van der Waals surface area contributed by atoms with Gasteiger partial charge in [0.2, 0.25) is 0 Å². The van der Waals surface area contributed by atoms with E-state index in [4.69, 9.17) is 11.6 Å². The van der Waals surface area contributed by atoms with E-state index in [0.29, 0.717) is 5.02 Å². The van der Waals surface area contributed by atoms with E-state index >= 15 is 0 Å². The van der Waals surface area contributed by atoms with Gasteiger partial charge in [0, 0.05) is 4.47 Å². The van der Waals surface area contributed by atoms with Gasteiger partial charge in [0.25, 0.3) is 5.91 Å². The van der Waals surface area contributed by atoms with E-state index in [-0.39, 0.29) is 23.3 Å². The van der Waals surface area contributed by atoms with Crippen LogP contribution in [0, 0.1) is 0 Å². The van der Waals surface area contributed by atoms with Gasteiger partial charge in [-0.25, -0.2) is 0 Å². The third kappa shape index (κ3) is 3.52. The Kier molecular flexibility index (Phi) is 4.68. The van der Waals surface area contributed by atoms with Crippen LogP contribution in [0.1, 0.15) is 28.9 Å². The van der Waals surface area contributed by atoms with Crippen molar-refractivity contribution in [2.75, 3.05) is 0 Å². The first-order valence-electron chi connectivity index (χ1n) is 6.02. The maximum Gasteiger partial charge on any atom is 0.253 e. The number of carbonyl (C=O) groups is 1. The number of nitrogens with one attached hydrogen (secondary N) is 1. The minimum Gasteiger partial charge on any atom is -0.508 e. The van der Waals surface area contributed by atoms with E-state index in [0.717, 1.165) is 10.0 Å². The molecule has 0 heterocycles. The molecule has 0 radical (unpaired) electrons. The number of aromatic hydroxyl groups is 1. The Balaban J connectivity index is 2.17. The Morgan fingerprint density at radius 2 is 2.05 bits per heavy atom. The van der Waals surface area contributed by atoms with Crippen molar-refractivity contribution in [2.24, 2.45) is 0 Å². The second kappa shape index (κ2) is 6.29. The minimum atomic E-state index is -0.321. The number of phenolic OH excluding ortho intramolecular Hbond substituents is 1. The van der Waals surface area contributed by atoms with Gasteiger partial charge in [-0.15, -0.1) is 0 Å². The molecule has 0 aromatic heterocycles. The van der Waals surface area contributed by atoms with Crippen LogP contribution in [0.5, 0.6) is 5.75 Å². The molecule has 0 fully saturated rings. The van der Waals surface area contributed by atoms with Crippen LogP contribution in [0.3, 0.4) is 0 Å². The Hall–Kier alpha value is -1.52. The summed E-state index contributed by atoms with van der Waals surface area (Å²) in [6.07, 6.45) is 0. The van der Waals surface area contributed by atoms with E-state index < -0.39 is 0 Å². The maximum absolute atomic E-state index is 12.2. The SMILES string of the molecule is CC(NC(=O)c1cc(O)ccc1Cl)c1cccc(Br)c1. The van der Waals surface area contributed by atoms with E-state index in [1.165, 1.54) is 18.2 Å². The van der Waals surface area contributed by atoms with Crippen molar-refractivity contribution in [1.29, 1.82) is 0 Å². The molecular formula is C15H13BrClNO2. The molecule has 2 aromatic rings. The van der Waals surface area contributed by atoms with Crippen LogP contribution in [0.15, 0.2) is 46.9 Å². The van der Waals surface area contributed by atoms with Crippen molar-refractivity contribution in [3.05, 3.63) is 63.1 Å². The maximum atomic E-state index is 12.2. The average Bonchev–Trinajstić information content (AvgIpc) is 2.41. The molecule has 3 nitrogen and oxygen atoms in total. The number of halogens is 2. The molecule has 2 rings (SSSR count). The zero-order valence-electron chi connectivity index (χ0n) is 10.7. The van der Waals surface area contributed by atoms with E-state index in [9.17, 15) is 9.90 Å². The van der Waals surface area contributed by atoms with Crippen LogP contribution in [0.25, 0.3) is 0 Å². The van der Waals surface area contributed by atoms with Crippen LogP contribution in [-0.2, 0) is 0 Å². The normalized spacial score (nSPS) is 11.9. The smallest absolute Gasteiger partial charge is 0.253 e. The number of phenols is 1. The van der Waals surface area contributed by atoms with Crippen LogP contribution >= 0.6 is 27.5 Å². The standard InChI is InChI=1S/C15H13BrClNO2/c1-9(10-3-2-4-11(16)7-10)18-15(20)13-8-12(19)5-6-14(13)17/h2-9,19H,1H3,(H,18,20). The summed E-state index contributed by atoms with van der Waals surface area (Å²) in [5.41, 5.74) is 1.23. The first kappa shape index (κ1) is 14.9. The summed E-state index contributed by atoms with van der Waals surface area (Å²) < 4.78 is 0.950. The van der Waals surface area contributed by atoms with Crippen molar-refractivity contribution in [1.82, 2.24) is 5.32 Å². The van der Waals surface area contributed by atoms with Crippen molar-refractivity contribution >= 4 is 33.4 Å². The highest BCUT2D eigenvalue weighted by atomic mass is 79.9. The zero-order chi connectivity index (χ0) is 14.7. The van der Waals surface area contributed by atoms with Crippen molar-refractivity contribution < 1.29 is 9.90 Å². The van der Waals surface area contributed by atoms with Gasteiger partial charge in [0.05, 0.1) is 16.6 Å². The molecule has 0 aliphatic heterocycles. The third-order valence-corrected chi connectivity index (χ3v) is 3.71.